The van der Waals surface area contributed by atoms with Gasteiger partial charge in [0.05, 0.1) is 5.69 Å². The average Bonchev–Trinajstić information content (AvgIpc) is 2.96. The van der Waals surface area contributed by atoms with Gasteiger partial charge in [0.2, 0.25) is 0 Å². The number of halogens is 2. The smallest absolute Gasteiger partial charge is 0.266 e. The van der Waals surface area contributed by atoms with E-state index in [1.165, 1.54) is 0 Å². The van der Waals surface area contributed by atoms with E-state index in [1.807, 2.05) is 37.3 Å². The van der Waals surface area contributed by atoms with Crippen molar-refractivity contribution in [3.63, 3.8) is 0 Å². The molecular formula is C17H12Br2N2O2. The van der Waals surface area contributed by atoms with Crippen LogP contribution in [-0.4, -0.2) is 16.0 Å². The standard InChI is InChI=1S/C17H12Br2N2O2/c1-8-14(10-4-2-3-5-13(10)20-8)17(23)11-6-9(18)7-12(19)15(11)21-16(17)22/h2-7,20,23H,1H3,(H,21,22)/t17-/m1/s1. The summed E-state index contributed by atoms with van der Waals surface area (Å²) in [7, 11) is 0. The lowest BCUT2D eigenvalue weighted by molar-refractivity contribution is -0.129. The highest BCUT2D eigenvalue weighted by molar-refractivity contribution is 9.11. The number of rotatable bonds is 1. The molecule has 0 bridgehead atoms. The van der Waals surface area contributed by atoms with Crippen LogP contribution in [0.4, 0.5) is 5.69 Å². The number of benzene rings is 2. The van der Waals surface area contributed by atoms with Crippen LogP contribution in [0.3, 0.4) is 0 Å². The second kappa shape index (κ2) is 4.93. The molecule has 2 heterocycles. The van der Waals surface area contributed by atoms with Crippen molar-refractivity contribution in [2.45, 2.75) is 12.5 Å². The predicted octanol–water partition coefficient (Wildman–Crippen LogP) is 4.19. The highest BCUT2D eigenvalue weighted by Crippen LogP contribution is 2.48. The lowest BCUT2D eigenvalue weighted by Gasteiger charge is -2.22. The van der Waals surface area contributed by atoms with Crippen molar-refractivity contribution >= 4 is 54.4 Å². The Morgan fingerprint density at radius 1 is 1.17 bits per heavy atom. The Bertz CT molecular complexity index is 980. The van der Waals surface area contributed by atoms with Crippen LogP contribution < -0.4 is 5.32 Å². The van der Waals surface area contributed by atoms with Gasteiger partial charge in [-0.05, 0) is 41.1 Å². The van der Waals surface area contributed by atoms with E-state index < -0.39 is 11.5 Å². The van der Waals surface area contributed by atoms with E-state index in [1.54, 1.807) is 6.07 Å². The van der Waals surface area contributed by atoms with Crippen LogP contribution in [0.2, 0.25) is 0 Å². The number of carbonyl (C=O) groups is 1. The van der Waals surface area contributed by atoms with Gasteiger partial charge >= 0.3 is 0 Å². The van der Waals surface area contributed by atoms with Gasteiger partial charge in [-0.1, -0.05) is 34.1 Å². The normalized spacial score (nSPS) is 19.9. The highest BCUT2D eigenvalue weighted by atomic mass is 79.9. The number of carbonyl (C=O) groups excluding carboxylic acids is 1. The summed E-state index contributed by atoms with van der Waals surface area (Å²) in [6, 6.07) is 11.3. The SMILES string of the molecule is Cc1[nH]c2ccccc2c1[C@@]1(O)C(=O)Nc2c(Br)cc(Br)cc21. The summed E-state index contributed by atoms with van der Waals surface area (Å²) < 4.78 is 1.51. The first-order valence-electron chi connectivity index (χ1n) is 7.04. The van der Waals surface area contributed by atoms with Crippen LogP contribution in [0.5, 0.6) is 0 Å². The van der Waals surface area contributed by atoms with Crippen molar-refractivity contribution in [3.05, 3.63) is 62.2 Å². The zero-order valence-electron chi connectivity index (χ0n) is 12.1. The maximum Gasteiger partial charge on any atom is 0.266 e. The van der Waals surface area contributed by atoms with E-state index in [4.69, 9.17) is 0 Å². The lowest BCUT2D eigenvalue weighted by Crippen LogP contribution is -2.35. The molecule has 1 amide bonds. The van der Waals surface area contributed by atoms with Crippen LogP contribution in [0, 0.1) is 6.92 Å². The number of anilines is 1. The minimum absolute atomic E-state index is 0.445. The van der Waals surface area contributed by atoms with E-state index >= 15 is 0 Å². The van der Waals surface area contributed by atoms with Crippen molar-refractivity contribution in [2.75, 3.05) is 5.32 Å². The number of para-hydroxylation sites is 1. The molecule has 0 radical (unpaired) electrons. The number of fused-ring (bicyclic) bond motifs is 2. The third-order valence-electron chi connectivity index (χ3n) is 4.27. The molecule has 23 heavy (non-hydrogen) atoms. The van der Waals surface area contributed by atoms with Crippen LogP contribution in [0.1, 0.15) is 16.8 Å². The minimum Gasteiger partial charge on any atom is -0.372 e. The van der Waals surface area contributed by atoms with Gasteiger partial charge in [0.15, 0.2) is 5.60 Å². The summed E-state index contributed by atoms with van der Waals surface area (Å²) in [5, 5.41) is 15.1. The molecule has 0 aliphatic carbocycles. The molecule has 3 N–H and O–H groups in total. The van der Waals surface area contributed by atoms with Gasteiger partial charge in [-0.25, -0.2) is 0 Å². The maximum atomic E-state index is 12.7. The molecule has 3 aromatic rings. The van der Waals surface area contributed by atoms with Gasteiger partial charge in [-0.2, -0.15) is 0 Å². The third kappa shape index (κ3) is 1.95. The largest absolute Gasteiger partial charge is 0.372 e. The maximum absolute atomic E-state index is 12.7. The molecule has 0 spiro atoms. The molecule has 116 valence electrons. The van der Waals surface area contributed by atoms with E-state index in [0.717, 1.165) is 25.5 Å². The highest BCUT2D eigenvalue weighted by Gasteiger charge is 2.50. The first kappa shape index (κ1) is 14.9. The molecule has 4 rings (SSSR count). The monoisotopic (exact) mass is 434 g/mol. The second-order valence-corrected chi connectivity index (χ2v) is 7.42. The first-order chi connectivity index (χ1) is 10.9. The number of nitrogens with one attached hydrogen (secondary N) is 2. The average molecular weight is 436 g/mol. The van der Waals surface area contributed by atoms with Crippen LogP contribution in [-0.2, 0) is 10.4 Å². The van der Waals surface area contributed by atoms with Gasteiger partial charge in [-0.15, -0.1) is 0 Å². The van der Waals surface area contributed by atoms with Gasteiger partial charge in [-0.3, -0.25) is 4.79 Å². The van der Waals surface area contributed by atoms with Crippen LogP contribution in [0.15, 0.2) is 45.3 Å². The predicted molar refractivity (Wildman–Crippen MR) is 96.5 cm³/mol. The number of hydrogen-bond acceptors (Lipinski definition) is 2. The molecular weight excluding hydrogens is 424 g/mol. The molecule has 1 aliphatic heterocycles. The van der Waals surface area contributed by atoms with Crippen molar-refractivity contribution < 1.29 is 9.90 Å². The van der Waals surface area contributed by atoms with E-state index in [-0.39, 0.29) is 0 Å². The van der Waals surface area contributed by atoms with Crippen LogP contribution in [0.25, 0.3) is 10.9 Å². The fraction of sp³-hybridized carbons (Fsp3) is 0.118. The second-order valence-electron chi connectivity index (χ2n) is 5.65. The Hall–Kier alpha value is -1.63. The molecule has 0 fully saturated rings. The van der Waals surface area contributed by atoms with Gasteiger partial charge < -0.3 is 15.4 Å². The molecule has 6 heteroatoms. The molecule has 0 saturated heterocycles. The van der Waals surface area contributed by atoms with Crippen LogP contribution >= 0.6 is 31.9 Å². The fourth-order valence-corrected chi connectivity index (χ4v) is 4.63. The Morgan fingerprint density at radius 2 is 1.91 bits per heavy atom. The number of aliphatic hydroxyl groups is 1. The summed E-state index contributed by atoms with van der Waals surface area (Å²) in [5.74, 6) is -0.445. The number of hydrogen-bond donors (Lipinski definition) is 3. The van der Waals surface area contributed by atoms with Crippen molar-refractivity contribution in [1.82, 2.24) is 4.98 Å². The summed E-state index contributed by atoms with van der Waals surface area (Å²) in [5.41, 5.74) is 1.67. The third-order valence-corrected chi connectivity index (χ3v) is 5.35. The summed E-state index contributed by atoms with van der Waals surface area (Å²) in [6.07, 6.45) is 0. The van der Waals surface area contributed by atoms with Gasteiger partial charge in [0.1, 0.15) is 0 Å². The Labute approximate surface area is 149 Å². The number of aryl methyl sites for hydroxylation is 1. The van der Waals surface area contributed by atoms with E-state index in [2.05, 4.69) is 42.2 Å². The number of H-pyrrole nitrogens is 1. The summed E-state index contributed by atoms with van der Waals surface area (Å²) in [4.78, 5) is 15.9. The molecule has 0 unspecified atom stereocenters. The Morgan fingerprint density at radius 3 is 2.70 bits per heavy atom. The Kier molecular flexibility index (Phi) is 3.20. The molecule has 2 aromatic carbocycles. The summed E-state index contributed by atoms with van der Waals surface area (Å²) >= 11 is 6.88. The number of aromatic nitrogens is 1. The topological polar surface area (TPSA) is 65.1 Å². The van der Waals surface area contributed by atoms with E-state index in [0.29, 0.717) is 16.8 Å². The minimum atomic E-state index is -1.73. The van der Waals surface area contributed by atoms with Crippen molar-refractivity contribution in [3.8, 4) is 0 Å². The fourth-order valence-electron chi connectivity index (χ4n) is 3.30. The quantitative estimate of drug-likeness (QED) is 0.536. The zero-order chi connectivity index (χ0) is 16.4. The van der Waals surface area contributed by atoms with Crippen molar-refractivity contribution in [1.29, 1.82) is 0 Å². The molecule has 4 nitrogen and oxygen atoms in total. The molecule has 0 saturated carbocycles. The Balaban J connectivity index is 2.09. The molecule has 1 aromatic heterocycles. The molecule has 1 atom stereocenters. The lowest BCUT2D eigenvalue weighted by atomic mass is 9.85. The summed E-state index contributed by atoms with van der Waals surface area (Å²) in [6.45, 7) is 1.87. The number of aromatic amines is 1. The first-order valence-corrected chi connectivity index (χ1v) is 8.62. The molecule has 1 aliphatic rings. The van der Waals surface area contributed by atoms with E-state index in [9.17, 15) is 9.90 Å². The van der Waals surface area contributed by atoms with Gasteiger partial charge in [0.25, 0.3) is 5.91 Å². The van der Waals surface area contributed by atoms with Crippen molar-refractivity contribution in [2.24, 2.45) is 0 Å². The zero-order valence-corrected chi connectivity index (χ0v) is 15.2. The number of amides is 1. The van der Waals surface area contributed by atoms with Gasteiger partial charge in [0, 0.05) is 36.7 Å².